The van der Waals surface area contributed by atoms with Gasteiger partial charge >= 0.3 is 5.97 Å². The van der Waals surface area contributed by atoms with Gasteiger partial charge in [0, 0.05) is 11.4 Å². The first-order valence-corrected chi connectivity index (χ1v) is 10.3. The number of nitrogens with zero attached hydrogens (tertiary/aromatic N) is 2. The first-order valence-electron chi connectivity index (χ1n) is 8.24. The van der Waals surface area contributed by atoms with Crippen LogP contribution >= 0.6 is 35.3 Å². The number of likely N-dealkylation sites (tertiary alicyclic amines) is 1. The van der Waals surface area contributed by atoms with E-state index in [1.165, 1.54) is 32.9 Å². The van der Waals surface area contributed by atoms with Crippen LogP contribution in [-0.2, 0) is 14.4 Å². The minimum Gasteiger partial charge on any atom is -0.480 e. The maximum absolute atomic E-state index is 12.9. The lowest BCUT2D eigenvalue weighted by atomic mass is 10.0. The smallest absolute Gasteiger partial charge is 0.326 e. The summed E-state index contributed by atoms with van der Waals surface area (Å²) in [5.74, 6) is -1.68. The molecule has 0 spiro atoms. The van der Waals surface area contributed by atoms with Crippen LogP contribution < -0.4 is 0 Å². The largest absolute Gasteiger partial charge is 0.480 e. The maximum Gasteiger partial charge on any atom is 0.326 e. The molecule has 0 bridgehead atoms. The highest BCUT2D eigenvalue weighted by molar-refractivity contribution is 8.26. The molecule has 26 heavy (non-hydrogen) atoms. The van der Waals surface area contributed by atoms with Gasteiger partial charge in [0.05, 0.1) is 4.91 Å². The molecule has 138 valence electrons. The number of rotatable bonds is 4. The number of thiocarbonyl (C=S) groups is 1. The zero-order chi connectivity index (χ0) is 18.8. The molecule has 9 heteroatoms. The summed E-state index contributed by atoms with van der Waals surface area (Å²) in [4.78, 5) is 41.2. The van der Waals surface area contributed by atoms with E-state index in [-0.39, 0.29) is 11.8 Å². The first-order chi connectivity index (χ1) is 12.4. The number of thioether (sulfide) groups is 1. The third-order valence-corrected chi connectivity index (χ3v) is 6.61. The molecule has 3 heterocycles. The van der Waals surface area contributed by atoms with Gasteiger partial charge in [0.1, 0.15) is 16.4 Å². The average Bonchev–Trinajstić information content (AvgIpc) is 3.22. The second kappa shape index (κ2) is 7.89. The molecule has 0 radical (unpaired) electrons. The number of carboxylic acids is 1. The van der Waals surface area contributed by atoms with Crippen LogP contribution in [0.5, 0.6) is 0 Å². The van der Waals surface area contributed by atoms with Gasteiger partial charge in [-0.2, -0.15) is 0 Å². The van der Waals surface area contributed by atoms with Crippen LogP contribution in [0.4, 0.5) is 0 Å². The van der Waals surface area contributed by atoms with Crippen LogP contribution in [0.15, 0.2) is 22.4 Å². The van der Waals surface area contributed by atoms with Crippen molar-refractivity contribution < 1.29 is 19.5 Å². The van der Waals surface area contributed by atoms with Gasteiger partial charge in [-0.3, -0.25) is 14.5 Å². The number of amides is 2. The summed E-state index contributed by atoms with van der Waals surface area (Å²) in [5.41, 5.74) is 0. The molecule has 2 saturated heterocycles. The topological polar surface area (TPSA) is 77.9 Å². The SMILES string of the molecule is C[C@@H](C(=O)N1CCCC[C@H]1C(=O)O)N1C(=O)/C(=C/c2cccs2)SC1=S. The molecule has 0 unspecified atom stereocenters. The van der Waals surface area contributed by atoms with E-state index < -0.39 is 18.1 Å². The highest BCUT2D eigenvalue weighted by Gasteiger charge is 2.42. The molecule has 0 aromatic carbocycles. The Balaban J connectivity index is 1.79. The van der Waals surface area contributed by atoms with E-state index in [4.69, 9.17) is 12.2 Å². The van der Waals surface area contributed by atoms with Crippen molar-refractivity contribution >= 4 is 63.5 Å². The van der Waals surface area contributed by atoms with Gasteiger partial charge in [-0.05, 0) is 43.7 Å². The fourth-order valence-electron chi connectivity index (χ4n) is 3.12. The first kappa shape index (κ1) is 19.1. The monoisotopic (exact) mass is 410 g/mol. The maximum atomic E-state index is 12.9. The van der Waals surface area contributed by atoms with Crippen molar-refractivity contribution in [1.82, 2.24) is 9.80 Å². The van der Waals surface area contributed by atoms with Crippen LogP contribution in [0, 0.1) is 0 Å². The Bertz CT molecular complexity index is 775. The number of hydrogen-bond acceptors (Lipinski definition) is 6. The molecular formula is C17H18N2O4S3. The van der Waals surface area contributed by atoms with Crippen LogP contribution in [0.25, 0.3) is 6.08 Å². The van der Waals surface area contributed by atoms with Crippen LogP contribution in [0.1, 0.15) is 31.1 Å². The number of piperidine rings is 1. The third-order valence-electron chi connectivity index (χ3n) is 4.46. The quantitative estimate of drug-likeness (QED) is 0.608. The number of carbonyl (C=O) groups is 3. The Kier molecular flexibility index (Phi) is 5.79. The van der Waals surface area contributed by atoms with E-state index in [0.717, 1.165) is 17.7 Å². The summed E-state index contributed by atoms with van der Waals surface area (Å²) >= 11 is 7.99. The summed E-state index contributed by atoms with van der Waals surface area (Å²) in [5, 5.41) is 11.3. The van der Waals surface area contributed by atoms with Gasteiger partial charge in [0.15, 0.2) is 0 Å². The van der Waals surface area contributed by atoms with E-state index in [1.807, 2.05) is 17.5 Å². The fraction of sp³-hybridized carbons (Fsp3) is 0.412. The molecule has 6 nitrogen and oxygen atoms in total. The Morgan fingerprint density at radius 1 is 1.42 bits per heavy atom. The predicted octanol–water partition coefficient (Wildman–Crippen LogP) is 2.80. The minimum absolute atomic E-state index is 0.307. The summed E-state index contributed by atoms with van der Waals surface area (Å²) in [6, 6.07) is 2.14. The Morgan fingerprint density at radius 2 is 2.19 bits per heavy atom. The molecule has 2 aliphatic heterocycles. The highest BCUT2D eigenvalue weighted by Crippen LogP contribution is 2.35. The average molecular weight is 411 g/mol. The lowest BCUT2D eigenvalue weighted by Crippen LogP contribution is -2.55. The van der Waals surface area contributed by atoms with Gasteiger partial charge in [-0.1, -0.05) is 30.0 Å². The second-order valence-electron chi connectivity index (χ2n) is 6.12. The van der Waals surface area contributed by atoms with Crippen LogP contribution in [0.2, 0.25) is 0 Å². The van der Waals surface area contributed by atoms with Gasteiger partial charge < -0.3 is 10.0 Å². The molecule has 2 amide bonds. The van der Waals surface area contributed by atoms with Crippen molar-refractivity contribution in [3.63, 3.8) is 0 Å². The van der Waals surface area contributed by atoms with E-state index in [2.05, 4.69) is 0 Å². The van der Waals surface area contributed by atoms with Crippen molar-refractivity contribution in [3.8, 4) is 0 Å². The van der Waals surface area contributed by atoms with Crippen molar-refractivity contribution in [2.75, 3.05) is 6.54 Å². The molecular weight excluding hydrogens is 392 g/mol. The van der Waals surface area contributed by atoms with E-state index in [9.17, 15) is 19.5 Å². The summed E-state index contributed by atoms with van der Waals surface area (Å²) in [6.45, 7) is 1.99. The molecule has 1 aromatic rings. The molecule has 1 aromatic heterocycles. The summed E-state index contributed by atoms with van der Waals surface area (Å²) in [6.07, 6.45) is 3.74. The normalized spacial score (nSPS) is 23.6. The molecule has 0 aliphatic carbocycles. The number of carboxylic acid groups (broad SMARTS) is 1. The van der Waals surface area contributed by atoms with E-state index in [0.29, 0.717) is 22.2 Å². The molecule has 2 aliphatic rings. The van der Waals surface area contributed by atoms with Gasteiger partial charge in [-0.25, -0.2) is 4.79 Å². The summed E-state index contributed by atoms with van der Waals surface area (Å²) < 4.78 is 0.322. The zero-order valence-corrected chi connectivity index (χ0v) is 16.5. The Morgan fingerprint density at radius 3 is 2.85 bits per heavy atom. The molecule has 3 rings (SSSR count). The van der Waals surface area contributed by atoms with Crippen LogP contribution in [-0.4, -0.2) is 55.6 Å². The number of aliphatic carboxylic acids is 1. The third kappa shape index (κ3) is 3.70. The van der Waals surface area contributed by atoms with Crippen molar-refractivity contribution in [1.29, 1.82) is 0 Å². The van der Waals surface area contributed by atoms with Crippen molar-refractivity contribution in [2.24, 2.45) is 0 Å². The standard InChI is InChI=1S/C17H18N2O4S3/c1-10(14(20)18-7-3-2-6-12(18)16(22)23)19-15(21)13(26-17(19)24)9-11-5-4-8-25-11/h4-5,8-10,12H,2-3,6-7H2,1H3,(H,22,23)/b13-9-/t10-,12-/m0/s1. The van der Waals surface area contributed by atoms with Gasteiger partial charge in [0.2, 0.25) is 5.91 Å². The van der Waals surface area contributed by atoms with Crippen LogP contribution in [0.3, 0.4) is 0 Å². The highest BCUT2D eigenvalue weighted by atomic mass is 32.2. The van der Waals surface area contributed by atoms with Crippen molar-refractivity contribution in [2.45, 2.75) is 38.3 Å². The predicted molar refractivity (Wildman–Crippen MR) is 106 cm³/mol. The molecule has 2 atom stereocenters. The zero-order valence-electron chi connectivity index (χ0n) is 14.1. The van der Waals surface area contributed by atoms with Gasteiger partial charge in [-0.15, -0.1) is 11.3 Å². The van der Waals surface area contributed by atoms with Gasteiger partial charge in [0.25, 0.3) is 5.91 Å². The summed E-state index contributed by atoms with van der Waals surface area (Å²) in [7, 11) is 0. The number of hydrogen-bond donors (Lipinski definition) is 1. The molecule has 0 saturated carbocycles. The Hall–Kier alpha value is -1.71. The lowest BCUT2D eigenvalue weighted by molar-refractivity contribution is -0.154. The number of thiophene rings is 1. The Labute approximate surface area is 164 Å². The van der Waals surface area contributed by atoms with Crippen molar-refractivity contribution in [3.05, 3.63) is 27.3 Å². The van der Waals surface area contributed by atoms with E-state index in [1.54, 1.807) is 13.0 Å². The number of carbonyl (C=O) groups excluding carboxylic acids is 2. The fourth-order valence-corrected chi connectivity index (χ4v) is 5.26. The molecule has 2 fully saturated rings. The minimum atomic E-state index is -1.01. The molecule has 1 N–H and O–H groups in total. The lowest BCUT2D eigenvalue weighted by Gasteiger charge is -2.36. The van der Waals surface area contributed by atoms with E-state index >= 15 is 0 Å². The second-order valence-corrected chi connectivity index (χ2v) is 8.78.